The summed E-state index contributed by atoms with van der Waals surface area (Å²) in [4.78, 5) is 1.96. The molecule has 1 unspecified atom stereocenters. The average molecular weight is 446 g/mol. The van der Waals surface area contributed by atoms with Crippen LogP contribution in [0.3, 0.4) is 0 Å². The first-order chi connectivity index (χ1) is 14.1. The van der Waals surface area contributed by atoms with Gasteiger partial charge < -0.3 is 4.90 Å². The van der Waals surface area contributed by atoms with Crippen LogP contribution in [0.2, 0.25) is 5.02 Å². The molecule has 1 aliphatic rings. The van der Waals surface area contributed by atoms with Gasteiger partial charge in [-0.15, -0.1) is 0 Å². The van der Waals surface area contributed by atoms with Crippen molar-refractivity contribution in [3.8, 4) is 0 Å². The number of hydrogen-bond donors (Lipinski definition) is 0. The van der Waals surface area contributed by atoms with Crippen LogP contribution in [0, 0.1) is 0 Å². The summed E-state index contributed by atoms with van der Waals surface area (Å²) in [5.74, 6) is 0. The van der Waals surface area contributed by atoms with Crippen molar-refractivity contribution in [2.24, 2.45) is 0 Å². The van der Waals surface area contributed by atoms with Crippen LogP contribution >= 0.6 is 11.6 Å². The Morgan fingerprint density at radius 3 is 2.10 bits per heavy atom. The SMILES string of the molecule is FC(F)(F)c1cc(CCCN2C=CC=CC2c2ccccc2Cl)cc(C(F)(F)F)c1. The minimum atomic E-state index is -4.84. The lowest BCUT2D eigenvalue weighted by atomic mass is 10.00. The maximum atomic E-state index is 13.0. The molecule has 1 aliphatic heterocycles. The fourth-order valence-electron chi connectivity index (χ4n) is 3.37. The Bertz CT molecular complexity index is 913. The normalized spacial score (nSPS) is 16.9. The van der Waals surface area contributed by atoms with E-state index in [0.717, 1.165) is 17.7 Å². The molecule has 2 aromatic carbocycles. The van der Waals surface area contributed by atoms with Gasteiger partial charge in [0.15, 0.2) is 0 Å². The molecule has 0 saturated heterocycles. The quantitative estimate of drug-likeness (QED) is 0.432. The van der Waals surface area contributed by atoms with Crippen LogP contribution in [-0.4, -0.2) is 11.4 Å². The molecule has 8 heteroatoms. The van der Waals surface area contributed by atoms with E-state index in [1.165, 1.54) is 0 Å². The van der Waals surface area contributed by atoms with Crippen molar-refractivity contribution >= 4 is 11.6 Å². The minimum Gasteiger partial charge on any atom is -0.367 e. The van der Waals surface area contributed by atoms with Gasteiger partial charge in [-0.1, -0.05) is 42.0 Å². The van der Waals surface area contributed by atoms with Crippen molar-refractivity contribution in [2.75, 3.05) is 6.54 Å². The number of allylic oxidation sites excluding steroid dienone is 2. The summed E-state index contributed by atoms with van der Waals surface area (Å²) in [5.41, 5.74) is -1.70. The second kappa shape index (κ2) is 8.76. The second-order valence-corrected chi connectivity index (χ2v) is 7.36. The summed E-state index contributed by atoms with van der Waals surface area (Å²) >= 11 is 6.28. The Labute approximate surface area is 175 Å². The van der Waals surface area contributed by atoms with E-state index in [0.29, 0.717) is 18.0 Å². The van der Waals surface area contributed by atoms with Crippen LogP contribution in [0.1, 0.15) is 34.7 Å². The molecular formula is C22H18ClF6N. The Balaban J connectivity index is 1.74. The van der Waals surface area contributed by atoms with E-state index in [1.54, 1.807) is 6.07 Å². The molecule has 0 amide bonds. The van der Waals surface area contributed by atoms with E-state index >= 15 is 0 Å². The van der Waals surface area contributed by atoms with Crippen molar-refractivity contribution in [1.29, 1.82) is 0 Å². The number of hydrogen-bond acceptors (Lipinski definition) is 1. The van der Waals surface area contributed by atoms with Crippen LogP contribution in [0.4, 0.5) is 26.3 Å². The fourth-order valence-corrected chi connectivity index (χ4v) is 3.62. The highest BCUT2D eigenvalue weighted by Crippen LogP contribution is 2.37. The summed E-state index contributed by atoms with van der Waals surface area (Å²) in [7, 11) is 0. The number of aryl methyl sites for hydroxylation is 1. The van der Waals surface area contributed by atoms with E-state index in [-0.39, 0.29) is 24.1 Å². The highest BCUT2D eigenvalue weighted by atomic mass is 35.5. The van der Waals surface area contributed by atoms with Crippen LogP contribution in [0.15, 0.2) is 66.9 Å². The second-order valence-electron chi connectivity index (χ2n) is 6.95. The number of rotatable bonds is 5. The first-order valence-corrected chi connectivity index (χ1v) is 9.57. The molecule has 1 atom stereocenters. The Hall–Kier alpha value is -2.41. The highest BCUT2D eigenvalue weighted by Gasteiger charge is 2.36. The van der Waals surface area contributed by atoms with E-state index < -0.39 is 23.5 Å². The molecule has 0 aromatic heterocycles. The molecule has 2 aromatic rings. The van der Waals surface area contributed by atoms with Crippen molar-refractivity contribution in [2.45, 2.75) is 31.2 Å². The Morgan fingerprint density at radius 1 is 0.867 bits per heavy atom. The molecule has 0 bridgehead atoms. The lowest BCUT2D eigenvalue weighted by Gasteiger charge is -2.31. The lowest BCUT2D eigenvalue weighted by Crippen LogP contribution is -2.25. The van der Waals surface area contributed by atoms with Gasteiger partial charge in [0.1, 0.15) is 0 Å². The summed E-state index contributed by atoms with van der Waals surface area (Å²) in [6, 6.07) is 8.87. The molecule has 30 heavy (non-hydrogen) atoms. The third kappa shape index (κ3) is 5.39. The topological polar surface area (TPSA) is 3.24 Å². The van der Waals surface area contributed by atoms with Crippen LogP contribution in [0.5, 0.6) is 0 Å². The number of nitrogens with zero attached hydrogens (tertiary/aromatic N) is 1. The Kier molecular flexibility index (Phi) is 6.50. The van der Waals surface area contributed by atoms with Crippen LogP contribution in [0.25, 0.3) is 0 Å². The molecule has 1 heterocycles. The average Bonchev–Trinajstić information content (AvgIpc) is 2.67. The number of alkyl halides is 6. The Morgan fingerprint density at radius 2 is 1.50 bits per heavy atom. The maximum absolute atomic E-state index is 13.0. The van der Waals surface area contributed by atoms with E-state index in [2.05, 4.69) is 0 Å². The van der Waals surface area contributed by atoms with E-state index in [4.69, 9.17) is 11.6 Å². The monoisotopic (exact) mass is 445 g/mol. The summed E-state index contributed by atoms with van der Waals surface area (Å²) in [6.07, 6.45) is -1.77. The van der Waals surface area contributed by atoms with Crippen LogP contribution in [-0.2, 0) is 18.8 Å². The van der Waals surface area contributed by atoms with Gasteiger partial charge in [-0.05, 0) is 60.5 Å². The van der Waals surface area contributed by atoms with Gasteiger partial charge in [0.25, 0.3) is 0 Å². The lowest BCUT2D eigenvalue weighted by molar-refractivity contribution is -0.143. The molecule has 160 valence electrons. The van der Waals surface area contributed by atoms with E-state index in [9.17, 15) is 26.3 Å². The first kappa shape index (κ1) is 22.3. The molecule has 0 aliphatic carbocycles. The largest absolute Gasteiger partial charge is 0.416 e. The smallest absolute Gasteiger partial charge is 0.367 e. The molecule has 0 spiro atoms. The molecule has 0 N–H and O–H groups in total. The molecule has 3 rings (SSSR count). The highest BCUT2D eigenvalue weighted by molar-refractivity contribution is 6.31. The molecule has 1 nitrogen and oxygen atoms in total. The van der Waals surface area contributed by atoms with Gasteiger partial charge in [-0.2, -0.15) is 26.3 Å². The third-order valence-corrected chi connectivity index (χ3v) is 5.14. The van der Waals surface area contributed by atoms with Gasteiger partial charge in [-0.25, -0.2) is 0 Å². The first-order valence-electron chi connectivity index (χ1n) is 9.19. The molecule has 0 radical (unpaired) electrons. The van der Waals surface area contributed by atoms with Gasteiger partial charge in [-0.3, -0.25) is 0 Å². The standard InChI is InChI=1S/C22H18ClF6N/c23-19-8-2-1-7-18(19)20-9-3-4-10-30(20)11-5-6-15-12-16(21(24,25)26)14-17(13-15)22(27,28)29/h1-4,7-10,12-14,20H,5-6,11H2. The summed E-state index contributed by atoms with van der Waals surface area (Å²) in [6.45, 7) is 0.439. The van der Waals surface area contributed by atoms with Gasteiger partial charge in [0.2, 0.25) is 0 Å². The van der Waals surface area contributed by atoms with Gasteiger partial charge in [0.05, 0.1) is 17.2 Å². The number of halogens is 7. The molecular weight excluding hydrogens is 428 g/mol. The van der Waals surface area contributed by atoms with Gasteiger partial charge in [0, 0.05) is 11.6 Å². The predicted octanol–water partition coefficient (Wildman–Crippen LogP) is 7.44. The predicted molar refractivity (Wildman–Crippen MR) is 104 cm³/mol. The summed E-state index contributed by atoms with van der Waals surface area (Å²) in [5, 5.41) is 0.583. The van der Waals surface area contributed by atoms with Crippen molar-refractivity contribution in [3.05, 3.63) is 94.2 Å². The van der Waals surface area contributed by atoms with Gasteiger partial charge >= 0.3 is 12.4 Å². The zero-order valence-corrected chi connectivity index (χ0v) is 16.4. The molecule has 0 saturated carbocycles. The van der Waals surface area contributed by atoms with Crippen LogP contribution < -0.4 is 0 Å². The summed E-state index contributed by atoms with van der Waals surface area (Å²) < 4.78 is 78.1. The molecule has 0 fully saturated rings. The number of benzene rings is 2. The zero-order chi connectivity index (χ0) is 21.9. The van der Waals surface area contributed by atoms with Crippen molar-refractivity contribution < 1.29 is 26.3 Å². The fraction of sp³-hybridized carbons (Fsp3) is 0.273. The minimum absolute atomic E-state index is 0.00275. The van der Waals surface area contributed by atoms with Crippen molar-refractivity contribution in [1.82, 2.24) is 4.90 Å². The van der Waals surface area contributed by atoms with Crippen molar-refractivity contribution in [3.63, 3.8) is 0 Å². The zero-order valence-electron chi connectivity index (χ0n) is 15.6. The maximum Gasteiger partial charge on any atom is 0.416 e. The van der Waals surface area contributed by atoms with E-state index in [1.807, 2.05) is 47.5 Å². The third-order valence-electron chi connectivity index (χ3n) is 4.79.